The van der Waals surface area contributed by atoms with Crippen LogP contribution in [-0.2, 0) is 14.3 Å². The molecule has 0 aliphatic carbocycles. The lowest BCUT2D eigenvalue weighted by Crippen LogP contribution is -2.56. The Morgan fingerprint density at radius 3 is 2.78 bits per heavy atom. The largest absolute Gasteiger partial charge is 0.376 e. The quantitative estimate of drug-likeness (QED) is 0.833. The number of likely N-dealkylation sites (N-methyl/N-ethyl adjacent to an activating group) is 1. The summed E-state index contributed by atoms with van der Waals surface area (Å²) >= 11 is 0. The monoisotopic (exact) mass is 374 g/mol. The van der Waals surface area contributed by atoms with E-state index in [4.69, 9.17) is 14.7 Å². The molecule has 146 valence electrons. The lowest BCUT2D eigenvalue weighted by molar-refractivity contribution is -0.160. The lowest BCUT2D eigenvalue weighted by atomic mass is 9.89. The second-order valence-corrected chi connectivity index (χ2v) is 7.23. The maximum Gasteiger partial charge on any atom is 0.270 e. The molecule has 1 aromatic heterocycles. The van der Waals surface area contributed by atoms with Gasteiger partial charge in [-0.05, 0) is 18.9 Å². The van der Waals surface area contributed by atoms with Crippen LogP contribution in [0.5, 0.6) is 0 Å². The Bertz CT molecular complexity index is 724. The Morgan fingerprint density at radius 1 is 1.48 bits per heavy atom. The molecule has 0 bridgehead atoms. The van der Waals surface area contributed by atoms with Crippen LogP contribution in [0.1, 0.15) is 41.7 Å². The number of nitriles is 1. The predicted molar refractivity (Wildman–Crippen MR) is 97.0 cm³/mol. The zero-order valence-electron chi connectivity index (χ0n) is 15.9. The zero-order valence-corrected chi connectivity index (χ0v) is 15.9. The SMILES string of the molecule is COC1(C(=O)N(C)CC2CCCO2)CCN(C(=O)c2cc(C#N)c[nH]2)CC1. The van der Waals surface area contributed by atoms with Gasteiger partial charge in [-0.1, -0.05) is 0 Å². The first-order valence-electron chi connectivity index (χ1n) is 9.29. The minimum Gasteiger partial charge on any atom is -0.376 e. The molecular weight excluding hydrogens is 348 g/mol. The van der Waals surface area contributed by atoms with E-state index in [-0.39, 0.29) is 17.9 Å². The molecule has 2 aliphatic rings. The highest BCUT2D eigenvalue weighted by Crippen LogP contribution is 2.29. The fourth-order valence-electron chi connectivity index (χ4n) is 3.85. The van der Waals surface area contributed by atoms with Crippen molar-refractivity contribution in [3.8, 4) is 6.07 Å². The third kappa shape index (κ3) is 3.99. The van der Waals surface area contributed by atoms with E-state index in [2.05, 4.69) is 4.98 Å². The summed E-state index contributed by atoms with van der Waals surface area (Å²) in [5, 5.41) is 8.90. The third-order valence-corrected chi connectivity index (χ3v) is 5.53. The molecule has 27 heavy (non-hydrogen) atoms. The van der Waals surface area contributed by atoms with Gasteiger partial charge < -0.3 is 24.3 Å². The van der Waals surface area contributed by atoms with E-state index in [1.807, 2.05) is 6.07 Å². The summed E-state index contributed by atoms with van der Waals surface area (Å²) < 4.78 is 11.3. The molecule has 8 heteroatoms. The number of carbonyl (C=O) groups excluding carboxylic acids is 2. The number of likely N-dealkylation sites (tertiary alicyclic amines) is 1. The number of methoxy groups -OCH3 is 1. The van der Waals surface area contributed by atoms with E-state index in [1.54, 1.807) is 30.0 Å². The Hall–Kier alpha value is -2.37. The summed E-state index contributed by atoms with van der Waals surface area (Å²) in [6.07, 6.45) is 4.49. The highest BCUT2D eigenvalue weighted by Gasteiger charge is 2.44. The summed E-state index contributed by atoms with van der Waals surface area (Å²) in [4.78, 5) is 31.8. The fraction of sp³-hybridized carbons (Fsp3) is 0.632. The van der Waals surface area contributed by atoms with Crippen molar-refractivity contribution in [3.63, 3.8) is 0 Å². The molecular formula is C19H26N4O4. The minimum atomic E-state index is -0.905. The van der Waals surface area contributed by atoms with E-state index in [9.17, 15) is 9.59 Å². The summed E-state index contributed by atoms with van der Waals surface area (Å²) in [5.41, 5.74) is -0.0941. The van der Waals surface area contributed by atoms with Gasteiger partial charge in [-0.3, -0.25) is 9.59 Å². The van der Waals surface area contributed by atoms with Crippen molar-refractivity contribution in [1.82, 2.24) is 14.8 Å². The number of nitrogens with zero attached hydrogens (tertiary/aromatic N) is 3. The Morgan fingerprint density at radius 2 is 2.22 bits per heavy atom. The Labute approximate surface area is 159 Å². The molecule has 8 nitrogen and oxygen atoms in total. The molecule has 1 unspecified atom stereocenters. The van der Waals surface area contributed by atoms with Gasteiger partial charge in [0, 0.05) is 59.4 Å². The zero-order chi connectivity index (χ0) is 19.4. The fourth-order valence-corrected chi connectivity index (χ4v) is 3.85. The summed E-state index contributed by atoms with van der Waals surface area (Å²) in [5.74, 6) is -0.222. The van der Waals surface area contributed by atoms with Crippen molar-refractivity contribution in [2.75, 3.05) is 40.4 Å². The van der Waals surface area contributed by atoms with Gasteiger partial charge in [0.05, 0.1) is 11.7 Å². The van der Waals surface area contributed by atoms with Gasteiger partial charge in [0.25, 0.3) is 11.8 Å². The molecule has 2 aliphatic heterocycles. The van der Waals surface area contributed by atoms with Crippen molar-refractivity contribution in [2.24, 2.45) is 0 Å². The second kappa shape index (κ2) is 8.11. The van der Waals surface area contributed by atoms with E-state index >= 15 is 0 Å². The highest BCUT2D eigenvalue weighted by atomic mass is 16.5. The van der Waals surface area contributed by atoms with E-state index in [1.165, 1.54) is 6.20 Å². The van der Waals surface area contributed by atoms with Crippen molar-refractivity contribution < 1.29 is 19.1 Å². The maximum absolute atomic E-state index is 13.0. The molecule has 1 aromatic rings. The number of piperidine rings is 1. The average Bonchev–Trinajstić information content (AvgIpc) is 3.38. The molecule has 0 aromatic carbocycles. The maximum atomic E-state index is 13.0. The first kappa shape index (κ1) is 19.4. The van der Waals surface area contributed by atoms with Crippen LogP contribution >= 0.6 is 0 Å². The molecule has 2 saturated heterocycles. The Balaban J connectivity index is 1.61. The number of nitrogens with one attached hydrogen (secondary N) is 1. The molecule has 0 spiro atoms. The number of ether oxygens (including phenoxy) is 2. The number of amides is 2. The molecule has 1 N–H and O–H groups in total. The predicted octanol–water partition coefficient (Wildman–Crippen LogP) is 1.14. The van der Waals surface area contributed by atoms with Crippen LogP contribution in [0.4, 0.5) is 0 Å². The van der Waals surface area contributed by atoms with E-state index < -0.39 is 5.60 Å². The number of aromatic amines is 1. The highest BCUT2D eigenvalue weighted by molar-refractivity contribution is 5.93. The van der Waals surface area contributed by atoms with Crippen LogP contribution in [0.25, 0.3) is 0 Å². The van der Waals surface area contributed by atoms with Crippen molar-refractivity contribution in [1.29, 1.82) is 5.26 Å². The van der Waals surface area contributed by atoms with Gasteiger partial charge in [-0.2, -0.15) is 5.26 Å². The number of H-pyrrole nitrogens is 1. The van der Waals surface area contributed by atoms with Gasteiger partial charge in [0.1, 0.15) is 17.4 Å². The standard InChI is InChI=1S/C19H26N4O4/c1-22(13-15-4-3-9-27-15)18(25)19(26-2)5-7-23(8-6-19)17(24)16-10-14(11-20)12-21-16/h10,12,15,21H,3-9,13H2,1-2H3. The molecule has 0 radical (unpaired) electrons. The Kier molecular flexibility index (Phi) is 5.82. The van der Waals surface area contributed by atoms with Crippen molar-refractivity contribution in [3.05, 3.63) is 23.5 Å². The van der Waals surface area contributed by atoms with Crippen LogP contribution in [0, 0.1) is 11.3 Å². The minimum absolute atomic E-state index is 0.0563. The van der Waals surface area contributed by atoms with Crippen LogP contribution in [0.3, 0.4) is 0 Å². The summed E-state index contributed by atoms with van der Waals surface area (Å²) in [6.45, 7) is 2.16. The van der Waals surface area contributed by atoms with Crippen molar-refractivity contribution >= 4 is 11.8 Å². The number of aromatic nitrogens is 1. The smallest absolute Gasteiger partial charge is 0.270 e. The summed E-state index contributed by atoms with van der Waals surface area (Å²) in [6, 6.07) is 3.54. The van der Waals surface area contributed by atoms with Gasteiger partial charge >= 0.3 is 0 Å². The van der Waals surface area contributed by atoms with E-state index in [0.717, 1.165) is 19.4 Å². The first-order chi connectivity index (χ1) is 13.0. The molecule has 2 amide bonds. The number of hydrogen-bond acceptors (Lipinski definition) is 5. The van der Waals surface area contributed by atoms with Crippen molar-refractivity contribution in [2.45, 2.75) is 37.4 Å². The van der Waals surface area contributed by atoms with Gasteiger partial charge in [0.2, 0.25) is 0 Å². The van der Waals surface area contributed by atoms with Gasteiger partial charge in [-0.25, -0.2) is 0 Å². The van der Waals surface area contributed by atoms with Crippen LogP contribution < -0.4 is 0 Å². The second-order valence-electron chi connectivity index (χ2n) is 7.23. The van der Waals surface area contributed by atoms with Gasteiger partial charge in [-0.15, -0.1) is 0 Å². The van der Waals surface area contributed by atoms with E-state index in [0.29, 0.717) is 43.7 Å². The number of rotatable bonds is 5. The first-order valence-corrected chi connectivity index (χ1v) is 9.29. The molecule has 3 heterocycles. The van der Waals surface area contributed by atoms with Crippen LogP contribution in [0.15, 0.2) is 12.3 Å². The summed E-state index contributed by atoms with van der Waals surface area (Å²) in [7, 11) is 3.34. The molecule has 2 fully saturated rings. The van der Waals surface area contributed by atoms with Gasteiger partial charge in [0.15, 0.2) is 0 Å². The molecule has 1 atom stereocenters. The average molecular weight is 374 g/mol. The number of carbonyl (C=O) groups is 2. The number of hydrogen-bond donors (Lipinski definition) is 1. The molecule has 3 rings (SSSR count). The topological polar surface area (TPSA) is 98.7 Å². The normalized spacial score (nSPS) is 21.7. The molecule has 0 saturated carbocycles. The third-order valence-electron chi connectivity index (χ3n) is 5.53. The lowest BCUT2D eigenvalue weighted by Gasteiger charge is -2.41. The van der Waals surface area contributed by atoms with Crippen LogP contribution in [0.2, 0.25) is 0 Å². The van der Waals surface area contributed by atoms with Crippen LogP contribution in [-0.4, -0.2) is 78.7 Å².